The zero-order chi connectivity index (χ0) is 18.3. The molecule has 0 spiro atoms. The SMILES string of the molecule is COC(CNc1ncnc2c1sc1nc(C(C)C)c3c(c12)CCC3)OC. The molecule has 138 valence electrons. The van der Waals surface area contributed by atoms with Crippen LogP contribution in [-0.2, 0) is 22.3 Å². The minimum Gasteiger partial charge on any atom is -0.364 e. The number of aryl methyl sites for hydroxylation is 1. The largest absolute Gasteiger partial charge is 0.364 e. The third-order valence-corrected chi connectivity index (χ3v) is 6.09. The van der Waals surface area contributed by atoms with E-state index in [1.165, 1.54) is 28.6 Å². The van der Waals surface area contributed by atoms with Crippen molar-refractivity contribution in [3.63, 3.8) is 0 Å². The molecule has 6 nitrogen and oxygen atoms in total. The number of rotatable bonds is 6. The van der Waals surface area contributed by atoms with Gasteiger partial charge in [-0.3, -0.25) is 0 Å². The van der Waals surface area contributed by atoms with Gasteiger partial charge in [0.05, 0.1) is 16.8 Å². The zero-order valence-corrected chi connectivity index (χ0v) is 16.4. The van der Waals surface area contributed by atoms with Crippen molar-refractivity contribution in [3.8, 4) is 0 Å². The van der Waals surface area contributed by atoms with Gasteiger partial charge in [0.1, 0.15) is 17.0 Å². The van der Waals surface area contributed by atoms with Crippen molar-refractivity contribution in [2.75, 3.05) is 26.1 Å². The molecule has 0 fully saturated rings. The summed E-state index contributed by atoms with van der Waals surface area (Å²) in [5, 5.41) is 4.56. The van der Waals surface area contributed by atoms with E-state index in [0.717, 1.165) is 33.7 Å². The second-order valence-electron chi connectivity index (χ2n) is 6.93. The summed E-state index contributed by atoms with van der Waals surface area (Å²) in [6, 6.07) is 0. The highest BCUT2D eigenvalue weighted by molar-refractivity contribution is 7.26. The predicted octanol–water partition coefficient (Wildman–Crippen LogP) is 3.88. The van der Waals surface area contributed by atoms with Crippen molar-refractivity contribution < 1.29 is 9.47 Å². The van der Waals surface area contributed by atoms with Gasteiger partial charge in [-0.25, -0.2) is 15.0 Å². The smallest absolute Gasteiger partial charge is 0.173 e. The maximum Gasteiger partial charge on any atom is 0.173 e. The normalized spacial score (nSPS) is 14.1. The van der Waals surface area contributed by atoms with Crippen LogP contribution in [0.2, 0.25) is 0 Å². The lowest BCUT2D eigenvalue weighted by molar-refractivity contribution is -0.0914. The van der Waals surface area contributed by atoms with Gasteiger partial charge < -0.3 is 14.8 Å². The first-order valence-corrected chi connectivity index (χ1v) is 9.84. The summed E-state index contributed by atoms with van der Waals surface area (Å²) >= 11 is 1.67. The Morgan fingerprint density at radius 1 is 1.15 bits per heavy atom. The lowest BCUT2D eigenvalue weighted by Crippen LogP contribution is -2.24. The second kappa shape index (κ2) is 7.06. The van der Waals surface area contributed by atoms with E-state index >= 15 is 0 Å². The highest BCUT2D eigenvalue weighted by Crippen LogP contribution is 2.42. The van der Waals surface area contributed by atoms with Crippen molar-refractivity contribution in [2.45, 2.75) is 45.3 Å². The van der Waals surface area contributed by atoms with E-state index < -0.39 is 0 Å². The summed E-state index contributed by atoms with van der Waals surface area (Å²) in [7, 11) is 3.26. The third kappa shape index (κ3) is 2.84. The monoisotopic (exact) mass is 372 g/mol. The van der Waals surface area contributed by atoms with Crippen LogP contribution in [0.25, 0.3) is 20.4 Å². The number of pyridine rings is 1. The minimum atomic E-state index is -0.315. The lowest BCUT2D eigenvalue weighted by atomic mass is 9.99. The number of hydrogen-bond acceptors (Lipinski definition) is 7. The fourth-order valence-electron chi connectivity index (χ4n) is 3.77. The molecule has 1 aliphatic rings. The van der Waals surface area contributed by atoms with Crippen LogP contribution in [0.15, 0.2) is 6.33 Å². The summed E-state index contributed by atoms with van der Waals surface area (Å²) in [6.07, 6.45) is 4.75. The van der Waals surface area contributed by atoms with E-state index in [2.05, 4.69) is 29.1 Å². The molecule has 3 aromatic rings. The number of thiophene rings is 1. The van der Waals surface area contributed by atoms with Crippen LogP contribution in [-0.4, -0.2) is 42.0 Å². The lowest BCUT2D eigenvalue weighted by Gasteiger charge is -2.14. The summed E-state index contributed by atoms with van der Waals surface area (Å²) < 4.78 is 11.6. The molecule has 0 aliphatic heterocycles. The van der Waals surface area contributed by atoms with Crippen LogP contribution in [0.1, 0.15) is 43.0 Å². The van der Waals surface area contributed by atoms with Gasteiger partial charge >= 0.3 is 0 Å². The standard InChI is InChI=1S/C19H24N4O2S/c1-10(2)15-12-7-5-6-11(12)14-16-17(26-19(14)23-15)18(22-9-21-16)20-8-13(24-3)25-4/h9-10,13H,5-8H2,1-4H3,(H,20,21,22). The Morgan fingerprint density at radius 3 is 2.65 bits per heavy atom. The third-order valence-electron chi connectivity index (χ3n) is 5.01. The molecule has 0 aromatic carbocycles. The van der Waals surface area contributed by atoms with E-state index in [4.69, 9.17) is 14.5 Å². The molecular weight excluding hydrogens is 348 g/mol. The molecular formula is C19H24N4O2S. The molecule has 0 unspecified atom stereocenters. The van der Waals surface area contributed by atoms with Crippen LogP contribution in [0.4, 0.5) is 5.82 Å². The Bertz CT molecular complexity index is 950. The maximum absolute atomic E-state index is 5.26. The molecule has 0 atom stereocenters. The molecule has 7 heteroatoms. The summed E-state index contributed by atoms with van der Waals surface area (Å²) in [5.74, 6) is 1.25. The average molecular weight is 372 g/mol. The summed E-state index contributed by atoms with van der Waals surface area (Å²) in [6.45, 7) is 4.97. The highest BCUT2D eigenvalue weighted by Gasteiger charge is 2.25. The Hall–Kier alpha value is -1.83. The van der Waals surface area contributed by atoms with E-state index in [1.807, 2.05) is 0 Å². The topological polar surface area (TPSA) is 69.2 Å². The number of anilines is 1. The molecule has 0 radical (unpaired) electrons. The molecule has 0 amide bonds. The Kier molecular flexibility index (Phi) is 4.77. The number of hydrogen-bond donors (Lipinski definition) is 1. The molecule has 1 N–H and O–H groups in total. The number of aromatic nitrogens is 3. The van der Waals surface area contributed by atoms with Crippen LogP contribution in [0.5, 0.6) is 0 Å². The van der Waals surface area contributed by atoms with E-state index in [9.17, 15) is 0 Å². The zero-order valence-electron chi connectivity index (χ0n) is 15.6. The number of nitrogens with zero attached hydrogens (tertiary/aromatic N) is 3. The van der Waals surface area contributed by atoms with Gasteiger partial charge in [0, 0.05) is 25.3 Å². The summed E-state index contributed by atoms with van der Waals surface area (Å²) in [4.78, 5) is 15.1. The molecule has 0 saturated heterocycles. The van der Waals surface area contributed by atoms with Crippen molar-refractivity contribution in [1.29, 1.82) is 0 Å². The van der Waals surface area contributed by atoms with E-state index in [1.54, 1.807) is 31.9 Å². The first-order chi connectivity index (χ1) is 12.6. The van der Waals surface area contributed by atoms with Gasteiger partial charge in [-0.15, -0.1) is 11.3 Å². The molecule has 0 saturated carbocycles. The quantitative estimate of drug-likeness (QED) is 0.662. The van der Waals surface area contributed by atoms with E-state index in [-0.39, 0.29) is 6.29 Å². The van der Waals surface area contributed by atoms with Gasteiger partial charge in [-0.2, -0.15) is 0 Å². The minimum absolute atomic E-state index is 0.315. The Labute approximate surface area is 157 Å². The van der Waals surface area contributed by atoms with Gasteiger partial charge in [-0.1, -0.05) is 13.8 Å². The first-order valence-electron chi connectivity index (χ1n) is 9.02. The Balaban J connectivity index is 1.85. The number of nitrogens with one attached hydrogen (secondary N) is 1. The first kappa shape index (κ1) is 17.6. The fourth-order valence-corrected chi connectivity index (χ4v) is 4.91. The molecule has 26 heavy (non-hydrogen) atoms. The average Bonchev–Trinajstić information content (AvgIpc) is 3.25. The molecule has 4 rings (SSSR count). The number of methoxy groups -OCH3 is 2. The van der Waals surface area contributed by atoms with Crippen molar-refractivity contribution in [3.05, 3.63) is 23.1 Å². The maximum atomic E-state index is 5.26. The van der Waals surface area contributed by atoms with Crippen LogP contribution in [0, 0.1) is 0 Å². The van der Waals surface area contributed by atoms with Crippen molar-refractivity contribution in [1.82, 2.24) is 15.0 Å². The number of fused-ring (bicyclic) bond motifs is 5. The molecule has 3 aromatic heterocycles. The van der Waals surface area contributed by atoms with Crippen LogP contribution < -0.4 is 5.32 Å². The molecule has 1 aliphatic carbocycles. The fraction of sp³-hybridized carbons (Fsp3) is 0.526. The summed E-state index contributed by atoms with van der Waals surface area (Å²) in [5.41, 5.74) is 5.15. The molecule has 0 bridgehead atoms. The predicted molar refractivity (Wildman–Crippen MR) is 105 cm³/mol. The van der Waals surface area contributed by atoms with Crippen molar-refractivity contribution >= 4 is 37.6 Å². The van der Waals surface area contributed by atoms with E-state index in [0.29, 0.717) is 12.5 Å². The molecule has 3 heterocycles. The van der Waals surface area contributed by atoms with Crippen molar-refractivity contribution in [2.24, 2.45) is 0 Å². The van der Waals surface area contributed by atoms with Gasteiger partial charge in [0.25, 0.3) is 0 Å². The van der Waals surface area contributed by atoms with Gasteiger partial charge in [0.15, 0.2) is 6.29 Å². The highest BCUT2D eigenvalue weighted by atomic mass is 32.1. The van der Waals surface area contributed by atoms with Gasteiger partial charge in [0.2, 0.25) is 0 Å². The second-order valence-corrected chi connectivity index (χ2v) is 7.93. The van der Waals surface area contributed by atoms with Crippen LogP contribution >= 0.6 is 11.3 Å². The van der Waals surface area contributed by atoms with Crippen LogP contribution in [0.3, 0.4) is 0 Å². The number of ether oxygens (including phenoxy) is 2. The van der Waals surface area contributed by atoms with Gasteiger partial charge in [-0.05, 0) is 36.3 Å². The Morgan fingerprint density at radius 2 is 1.92 bits per heavy atom.